The molecule has 0 fully saturated rings. The molecule has 1 heterocycles. The van der Waals surface area contributed by atoms with Crippen molar-refractivity contribution >= 4 is 68.0 Å². The first-order chi connectivity index (χ1) is 13.0. The summed E-state index contributed by atoms with van der Waals surface area (Å²) in [7, 11) is 0. The highest BCUT2D eigenvalue weighted by Gasteiger charge is 2.18. The first kappa shape index (κ1) is 18.3. The molecule has 0 aliphatic rings. The molecule has 1 aromatic heterocycles. The number of benzene rings is 3. The average molecular weight is 434 g/mol. The second kappa shape index (κ2) is 7.49. The van der Waals surface area contributed by atoms with Crippen molar-refractivity contribution in [1.82, 2.24) is 4.98 Å². The molecule has 1 N–H and O–H groups in total. The number of nitrogens with one attached hydrogen (secondary N) is 1. The van der Waals surface area contributed by atoms with Gasteiger partial charge in [0.2, 0.25) is 0 Å². The SMILES string of the molecule is O=C(Nc1nc(-c2ccc3ccccc3c2)cs1)c1c(Cl)ccc(Cl)c1Cl. The van der Waals surface area contributed by atoms with E-state index < -0.39 is 5.91 Å². The lowest BCUT2D eigenvalue weighted by molar-refractivity contribution is 0.102. The van der Waals surface area contributed by atoms with Gasteiger partial charge < -0.3 is 0 Å². The van der Waals surface area contributed by atoms with Gasteiger partial charge in [0.1, 0.15) is 0 Å². The summed E-state index contributed by atoms with van der Waals surface area (Å²) in [5.74, 6) is -0.452. The van der Waals surface area contributed by atoms with Crippen LogP contribution in [0.1, 0.15) is 10.4 Å². The quantitative estimate of drug-likeness (QED) is 0.348. The summed E-state index contributed by atoms with van der Waals surface area (Å²) in [5.41, 5.74) is 1.89. The Bertz CT molecular complexity index is 1170. The number of thiazole rings is 1. The second-order valence-electron chi connectivity index (χ2n) is 5.77. The maximum Gasteiger partial charge on any atom is 0.260 e. The number of fused-ring (bicyclic) bond motifs is 1. The Morgan fingerprint density at radius 3 is 2.48 bits per heavy atom. The molecule has 4 rings (SSSR count). The van der Waals surface area contributed by atoms with E-state index in [9.17, 15) is 4.79 Å². The van der Waals surface area contributed by atoms with E-state index in [0.29, 0.717) is 5.13 Å². The first-order valence-electron chi connectivity index (χ1n) is 7.92. The fourth-order valence-electron chi connectivity index (χ4n) is 2.71. The highest BCUT2D eigenvalue weighted by Crippen LogP contribution is 2.33. The van der Waals surface area contributed by atoms with Gasteiger partial charge in [0.15, 0.2) is 5.13 Å². The standard InChI is InChI=1S/C20H11Cl3N2OS/c21-14-7-8-15(22)18(23)17(14)19(26)25-20-24-16(10-27-20)13-6-5-11-3-1-2-4-12(11)9-13/h1-10H,(H,24,25,26). The van der Waals surface area contributed by atoms with Crippen molar-refractivity contribution in [2.45, 2.75) is 0 Å². The molecule has 4 aromatic rings. The molecule has 0 saturated carbocycles. The molecule has 0 atom stereocenters. The Morgan fingerprint density at radius 1 is 0.926 bits per heavy atom. The van der Waals surface area contributed by atoms with Crippen LogP contribution in [0.5, 0.6) is 0 Å². The van der Waals surface area contributed by atoms with Crippen LogP contribution in [0, 0.1) is 0 Å². The van der Waals surface area contributed by atoms with Crippen LogP contribution in [0.3, 0.4) is 0 Å². The number of aromatic nitrogens is 1. The summed E-state index contributed by atoms with van der Waals surface area (Å²) < 4.78 is 0. The van der Waals surface area contributed by atoms with Crippen LogP contribution >= 0.6 is 46.1 Å². The van der Waals surface area contributed by atoms with Gasteiger partial charge >= 0.3 is 0 Å². The van der Waals surface area contributed by atoms with Gasteiger partial charge in [-0.1, -0.05) is 71.2 Å². The maximum atomic E-state index is 12.6. The molecule has 0 radical (unpaired) electrons. The van der Waals surface area contributed by atoms with Crippen molar-refractivity contribution in [1.29, 1.82) is 0 Å². The third kappa shape index (κ3) is 3.66. The van der Waals surface area contributed by atoms with Crippen LogP contribution < -0.4 is 5.32 Å². The molecule has 134 valence electrons. The highest BCUT2D eigenvalue weighted by atomic mass is 35.5. The number of carbonyl (C=O) groups is 1. The Labute approximate surface area is 174 Å². The monoisotopic (exact) mass is 432 g/mol. The predicted octanol–water partition coefficient (Wildman–Crippen LogP) is 7.18. The molecule has 0 aliphatic carbocycles. The number of nitrogens with zero attached hydrogens (tertiary/aromatic N) is 1. The summed E-state index contributed by atoms with van der Waals surface area (Å²) >= 11 is 19.5. The lowest BCUT2D eigenvalue weighted by Crippen LogP contribution is -2.13. The summed E-state index contributed by atoms with van der Waals surface area (Å²) in [6.07, 6.45) is 0. The molecule has 3 nitrogen and oxygen atoms in total. The van der Waals surface area contributed by atoms with Crippen LogP contribution in [0.4, 0.5) is 5.13 Å². The van der Waals surface area contributed by atoms with Gasteiger partial charge in [0, 0.05) is 10.9 Å². The Balaban J connectivity index is 1.61. The number of carbonyl (C=O) groups excluding carboxylic acids is 1. The van der Waals surface area contributed by atoms with E-state index in [4.69, 9.17) is 34.8 Å². The zero-order chi connectivity index (χ0) is 19.0. The fraction of sp³-hybridized carbons (Fsp3) is 0. The van der Waals surface area contributed by atoms with Crippen molar-refractivity contribution in [3.8, 4) is 11.3 Å². The minimum atomic E-state index is -0.452. The number of halogens is 3. The summed E-state index contributed by atoms with van der Waals surface area (Å²) in [6, 6.07) is 17.3. The summed E-state index contributed by atoms with van der Waals surface area (Å²) in [4.78, 5) is 17.1. The normalized spacial score (nSPS) is 10.9. The van der Waals surface area contributed by atoms with E-state index in [0.717, 1.165) is 22.0 Å². The maximum absolute atomic E-state index is 12.6. The van der Waals surface area contributed by atoms with Crippen molar-refractivity contribution in [2.24, 2.45) is 0 Å². The summed E-state index contributed by atoms with van der Waals surface area (Å²) in [5, 5.41) is 7.99. The smallest absolute Gasteiger partial charge is 0.260 e. The number of amides is 1. The number of anilines is 1. The molecule has 0 unspecified atom stereocenters. The Hall–Kier alpha value is -2.11. The zero-order valence-corrected chi connectivity index (χ0v) is 16.8. The van der Waals surface area contributed by atoms with Gasteiger partial charge in [-0.3, -0.25) is 10.1 Å². The number of hydrogen-bond acceptors (Lipinski definition) is 3. The van der Waals surface area contributed by atoms with E-state index in [-0.39, 0.29) is 20.6 Å². The van der Waals surface area contributed by atoms with Crippen molar-refractivity contribution in [2.75, 3.05) is 5.32 Å². The van der Waals surface area contributed by atoms with Crippen molar-refractivity contribution < 1.29 is 4.79 Å². The molecule has 0 spiro atoms. The van der Waals surface area contributed by atoms with Crippen LogP contribution in [-0.4, -0.2) is 10.9 Å². The molecule has 0 bridgehead atoms. The first-order valence-corrected chi connectivity index (χ1v) is 9.94. The number of rotatable bonds is 3. The molecule has 27 heavy (non-hydrogen) atoms. The van der Waals surface area contributed by atoms with Gasteiger partial charge in [-0.15, -0.1) is 11.3 Å². The molecule has 3 aromatic carbocycles. The van der Waals surface area contributed by atoms with E-state index in [1.165, 1.54) is 17.4 Å². The highest BCUT2D eigenvalue weighted by molar-refractivity contribution is 7.14. The molecule has 7 heteroatoms. The third-order valence-electron chi connectivity index (χ3n) is 4.04. The predicted molar refractivity (Wildman–Crippen MR) is 114 cm³/mol. The van der Waals surface area contributed by atoms with Crippen LogP contribution in [0.15, 0.2) is 60.0 Å². The number of hydrogen-bond donors (Lipinski definition) is 1. The Kier molecular flexibility index (Phi) is 5.06. The molecule has 0 aliphatic heterocycles. The van der Waals surface area contributed by atoms with Crippen LogP contribution in [-0.2, 0) is 0 Å². The van der Waals surface area contributed by atoms with E-state index in [1.54, 1.807) is 6.07 Å². The third-order valence-corrected chi connectivity index (χ3v) is 5.92. The van der Waals surface area contributed by atoms with Gasteiger partial charge in [-0.05, 0) is 29.0 Å². The van der Waals surface area contributed by atoms with Crippen LogP contribution in [0.2, 0.25) is 15.1 Å². The van der Waals surface area contributed by atoms with Gasteiger partial charge in [-0.25, -0.2) is 4.98 Å². The lowest BCUT2D eigenvalue weighted by Gasteiger charge is -2.07. The lowest BCUT2D eigenvalue weighted by atomic mass is 10.1. The zero-order valence-electron chi connectivity index (χ0n) is 13.7. The average Bonchev–Trinajstić information content (AvgIpc) is 3.13. The van der Waals surface area contributed by atoms with Crippen molar-refractivity contribution in [3.05, 3.63) is 80.6 Å². The van der Waals surface area contributed by atoms with Gasteiger partial charge in [0.25, 0.3) is 5.91 Å². The molecular weight excluding hydrogens is 423 g/mol. The fourth-order valence-corrected chi connectivity index (χ4v) is 4.12. The van der Waals surface area contributed by atoms with E-state index >= 15 is 0 Å². The van der Waals surface area contributed by atoms with E-state index in [1.807, 2.05) is 29.6 Å². The van der Waals surface area contributed by atoms with Gasteiger partial charge in [0.05, 0.1) is 26.3 Å². The largest absolute Gasteiger partial charge is 0.298 e. The topological polar surface area (TPSA) is 42.0 Å². The molecular formula is C20H11Cl3N2OS. The van der Waals surface area contributed by atoms with Crippen LogP contribution in [0.25, 0.3) is 22.0 Å². The molecule has 0 saturated heterocycles. The van der Waals surface area contributed by atoms with Crippen molar-refractivity contribution in [3.63, 3.8) is 0 Å². The summed E-state index contributed by atoms with van der Waals surface area (Å²) in [6.45, 7) is 0. The molecule has 1 amide bonds. The second-order valence-corrected chi connectivity index (χ2v) is 7.82. The minimum Gasteiger partial charge on any atom is -0.298 e. The van der Waals surface area contributed by atoms with E-state index in [2.05, 4.69) is 28.5 Å². The van der Waals surface area contributed by atoms with Gasteiger partial charge in [-0.2, -0.15) is 0 Å². The minimum absolute atomic E-state index is 0.118. The Morgan fingerprint density at radius 2 is 1.67 bits per heavy atom.